The molecule has 0 aliphatic carbocycles. The quantitative estimate of drug-likeness (QED) is 0.488. The van der Waals surface area contributed by atoms with Crippen LogP contribution in [0.4, 0.5) is 0 Å². The number of ketones is 1. The van der Waals surface area contributed by atoms with E-state index in [0.717, 1.165) is 22.3 Å². The largest absolute Gasteiger partial charge is 0.295 e. The molecule has 0 aromatic heterocycles. The first-order valence-electron chi connectivity index (χ1n) is 4.57. The molecule has 14 heavy (non-hydrogen) atoms. The van der Waals surface area contributed by atoms with Crippen molar-refractivity contribution in [3.05, 3.63) is 47.6 Å². The number of allylic oxidation sites excluding steroid dienone is 6. The molecule has 0 rings (SSSR count). The topological polar surface area (TPSA) is 17.1 Å². The van der Waals surface area contributed by atoms with Gasteiger partial charge in [-0.3, -0.25) is 4.79 Å². The summed E-state index contributed by atoms with van der Waals surface area (Å²) in [6, 6.07) is 0. The summed E-state index contributed by atoms with van der Waals surface area (Å²) in [4.78, 5) is 10.8. The minimum atomic E-state index is 0. The Hall–Kier alpha value is -1.37. The predicted molar refractivity (Wildman–Crippen MR) is 64.3 cm³/mol. The van der Waals surface area contributed by atoms with Gasteiger partial charge in [-0.15, -0.1) is 0 Å². The fraction of sp³-hybridized carbons (Fsp3) is 0.308. The summed E-state index contributed by atoms with van der Waals surface area (Å²) in [6.07, 6.45) is 3.55. The van der Waals surface area contributed by atoms with Crippen molar-refractivity contribution >= 4 is 5.78 Å². The van der Waals surface area contributed by atoms with Crippen molar-refractivity contribution in [1.29, 1.82) is 0 Å². The summed E-state index contributed by atoms with van der Waals surface area (Å²) in [7, 11) is 0. The van der Waals surface area contributed by atoms with Crippen LogP contribution in [-0.4, -0.2) is 5.78 Å². The van der Waals surface area contributed by atoms with Gasteiger partial charge >= 0.3 is 0 Å². The Morgan fingerprint density at radius 3 is 1.79 bits per heavy atom. The second kappa shape index (κ2) is 5.38. The number of rotatable bonds is 4. The molecule has 0 aliphatic rings. The molecule has 0 atom stereocenters. The van der Waals surface area contributed by atoms with Crippen LogP contribution in [0.3, 0.4) is 0 Å². The van der Waals surface area contributed by atoms with E-state index in [2.05, 4.69) is 13.2 Å². The third kappa shape index (κ3) is 4.61. The summed E-state index contributed by atoms with van der Waals surface area (Å²) in [6.45, 7) is 15.0. The first-order chi connectivity index (χ1) is 6.34. The van der Waals surface area contributed by atoms with Crippen LogP contribution in [0.5, 0.6) is 0 Å². The molecule has 0 saturated carbocycles. The van der Waals surface area contributed by atoms with Crippen molar-refractivity contribution in [3.63, 3.8) is 0 Å². The van der Waals surface area contributed by atoms with Gasteiger partial charge in [-0.1, -0.05) is 24.8 Å². The summed E-state index contributed by atoms with van der Waals surface area (Å²) < 4.78 is 0. The molecule has 0 aromatic carbocycles. The van der Waals surface area contributed by atoms with Gasteiger partial charge in [-0.2, -0.15) is 0 Å². The van der Waals surface area contributed by atoms with Gasteiger partial charge in [0.05, 0.1) is 0 Å². The zero-order valence-corrected chi connectivity index (χ0v) is 9.48. The van der Waals surface area contributed by atoms with E-state index in [4.69, 9.17) is 0 Å². The van der Waals surface area contributed by atoms with Crippen LogP contribution < -0.4 is 0 Å². The molecule has 0 saturated heterocycles. The Balaban J connectivity index is 0. The number of carbonyl (C=O) groups excluding carboxylic acids is 1. The molecular weight excluding hydrogens is 172 g/mol. The van der Waals surface area contributed by atoms with Gasteiger partial charge < -0.3 is 0 Å². The van der Waals surface area contributed by atoms with Crippen LogP contribution in [0.15, 0.2) is 47.6 Å². The van der Waals surface area contributed by atoms with Crippen molar-refractivity contribution in [2.75, 3.05) is 0 Å². The molecule has 0 fully saturated rings. The van der Waals surface area contributed by atoms with E-state index in [-0.39, 0.29) is 7.21 Å². The molecule has 0 radical (unpaired) electrons. The Morgan fingerprint density at radius 1 is 1.00 bits per heavy atom. The predicted octanol–water partition coefficient (Wildman–Crippen LogP) is 3.85. The van der Waals surface area contributed by atoms with Gasteiger partial charge in [0.2, 0.25) is 0 Å². The lowest BCUT2D eigenvalue weighted by molar-refractivity contribution is -0.112. The van der Waals surface area contributed by atoms with Crippen LogP contribution in [0.1, 0.15) is 29.1 Å². The highest BCUT2D eigenvalue weighted by atomic mass is 16.1. The maximum absolute atomic E-state index is 10.8. The Bertz CT molecular complexity index is 300. The monoisotopic (exact) mass is 192 g/mol. The third-order valence-corrected chi connectivity index (χ3v) is 1.83. The molecule has 0 N–H and O–H groups in total. The van der Waals surface area contributed by atoms with Gasteiger partial charge in [0, 0.05) is 1.43 Å². The number of hydrogen-bond donors (Lipinski definition) is 0. The molecule has 0 amide bonds. The molecule has 1 nitrogen and oxygen atoms in total. The minimum absolute atomic E-state index is 0. The van der Waals surface area contributed by atoms with Gasteiger partial charge in [-0.25, -0.2) is 0 Å². The Kier molecular flexibility index (Phi) is 4.85. The lowest BCUT2D eigenvalue weighted by Gasteiger charge is -2.06. The minimum Gasteiger partial charge on any atom is -0.295 e. The van der Waals surface area contributed by atoms with Gasteiger partial charge in [0.15, 0.2) is 5.78 Å². The van der Waals surface area contributed by atoms with E-state index in [1.165, 1.54) is 6.92 Å². The molecule has 0 aliphatic heterocycles. The molecule has 78 valence electrons. The van der Waals surface area contributed by atoms with E-state index in [9.17, 15) is 4.79 Å². The van der Waals surface area contributed by atoms with Crippen molar-refractivity contribution in [1.82, 2.24) is 0 Å². The van der Waals surface area contributed by atoms with Crippen molar-refractivity contribution in [3.8, 4) is 0 Å². The smallest absolute Gasteiger partial charge is 0.152 e. The first kappa shape index (κ1) is 12.6. The number of carbonyl (C=O) groups is 1. The van der Waals surface area contributed by atoms with E-state index in [1.807, 2.05) is 26.8 Å². The van der Waals surface area contributed by atoms with Crippen LogP contribution in [0.2, 0.25) is 0 Å². The van der Waals surface area contributed by atoms with Crippen LogP contribution in [0, 0.1) is 0 Å². The van der Waals surface area contributed by atoms with Crippen molar-refractivity contribution in [2.45, 2.75) is 27.7 Å². The molecule has 0 heterocycles. The average Bonchev–Trinajstić information content (AvgIpc) is 2.00. The maximum Gasteiger partial charge on any atom is 0.152 e. The van der Waals surface area contributed by atoms with Crippen LogP contribution >= 0.6 is 0 Å². The molecule has 0 unspecified atom stereocenters. The second-order valence-corrected chi connectivity index (χ2v) is 3.59. The highest BCUT2D eigenvalue weighted by molar-refractivity contribution is 5.88. The fourth-order valence-corrected chi connectivity index (χ4v) is 1.16. The van der Waals surface area contributed by atoms with Crippen LogP contribution in [-0.2, 0) is 4.79 Å². The molecule has 1 heteroatoms. The zero-order chi connectivity index (χ0) is 11.3. The van der Waals surface area contributed by atoms with Gasteiger partial charge in [0.25, 0.3) is 0 Å². The van der Waals surface area contributed by atoms with E-state index < -0.39 is 0 Å². The Morgan fingerprint density at radius 2 is 1.43 bits per heavy atom. The second-order valence-electron chi connectivity index (χ2n) is 3.59. The third-order valence-electron chi connectivity index (χ3n) is 1.83. The highest BCUT2D eigenvalue weighted by Gasteiger charge is 2.00. The van der Waals surface area contributed by atoms with Crippen molar-refractivity contribution in [2.24, 2.45) is 0 Å². The molecule has 0 bridgehead atoms. The standard InChI is InChI=1S/C13H18O.H2/c1-9(2)7-10(3)13(6)11(4)8-12(5)14;/h7-8H,1,6H2,2-5H3;1H/b10-7-,11-8-;. The zero-order valence-electron chi connectivity index (χ0n) is 9.48. The SMILES string of the molecule is C=C(C)/C=C(/C)C(=C)/C(C)=C\C(C)=O.[HH]. The van der Waals surface area contributed by atoms with Crippen molar-refractivity contribution < 1.29 is 6.22 Å². The summed E-state index contributed by atoms with van der Waals surface area (Å²) in [5.41, 5.74) is 3.84. The Labute approximate surface area is 88.0 Å². The van der Waals surface area contributed by atoms with Crippen LogP contribution in [0.25, 0.3) is 0 Å². The highest BCUT2D eigenvalue weighted by Crippen LogP contribution is 2.17. The molecule has 0 aromatic rings. The fourth-order valence-electron chi connectivity index (χ4n) is 1.16. The summed E-state index contributed by atoms with van der Waals surface area (Å²) in [5.74, 6) is 0.0479. The molecular formula is C13H20O. The van der Waals surface area contributed by atoms with E-state index in [0.29, 0.717) is 0 Å². The number of hydrogen-bond acceptors (Lipinski definition) is 1. The van der Waals surface area contributed by atoms with Gasteiger partial charge in [0.1, 0.15) is 0 Å². The maximum atomic E-state index is 10.8. The van der Waals surface area contributed by atoms with Gasteiger partial charge in [-0.05, 0) is 50.5 Å². The lowest BCUT2D eigenvalue weighted by atomic mass is 9.99. The normalized spacial score (nSPS) is 12.6. The summed E-state index contributed by atoms with van der Waals surface area (Å²) >= 11 is 0. The van der Waals surface area contributed by atoms with E-state index in [1.54, 1.807) is 6.08 Å². The first-order valence-corrected chi connectivity index (χ1v) is 4.57. The summed E-state index contributed by atoms with van der Waals surface area (Å²) in [5, 5.41) is 0. The molecule has 0 spiro atoms. The van der Waals surface area contributed by atoms with E-state index >= 15 is 0 Å². The average molecular weight is 192 g/mol. The lowest BCUT2D eigenvalue weighted by Crippen LogP contribution is -1.91.